The lowest BCUT2D eigenvalue weighted by molar-refractivity contribution is 0.283. The lowest BCUT2D eigenvalue weighted by Gasteiger charge is -2.38. The molecule has 0 bridgehead atoms. The van der Waals surface area contributed by atoms with Gasteiger partial charge in [0.05, 0.1) is 5.92 Å². The Labute approximate surface area is 390 Å². The van der Waals surface area contributed by atoms with Crippen LogP contribution in [-0.2, 0) is 0 Å². The number of hydrogen-bond acceptors (Lipinski definition) is 0. The summed E-state index contributed by atoms with van der Waals surface area (Å²) in [4.78, 5) is 0. The predicted octanol–water partition coefficient (Wildman–Crippen LogP) is 18.6. The SMILES string of the molecule is CCCC#CC(CCCCCCC)C(C#CCCCCC)(C#CCCCCCC)C(C#CC#CCCCCCCCCC)(C#CCCCCCCC)C#CCCCCCCCC. The second kappa shape index (κ2) is 45.9. The first-order chi connectivity index (χ1) is 30.6. The molecule has 0 aliphatic rings. The Hall–Kier alpha value is -3.08. The van der Waals surface area contributed by atoms with E-state index < -0.39 is 10.8 Å². The summed E-state index contributed by atoms with van der Waals surface area (Å²) in [6.07, 6.45) is 43.9. The van der Waals surface area contributed by atoms with E-state index in [0.29, 0.717) is 0 Å². The quantitative estimate of drug-likeness (QED) is 0.0447. The Balaban J connectivity index is 8.04. The molecular formula is C62H98. The first kappa shape index (κ1) is 58.9. The third kappa shape index (κ3) is 30.9. The lowest BCUT2D eigenvalue weighted by atomic mass is 9.57. The standard InChI is InChI=1S/C62H98/c1-8-15-22-28-32-34-35-36-39-44-50-57-61(55-48-42-37-30-24-17-10-3,56-49-43-38-33-29-23-16-9-2)62(58-51-41-27-20-13-6,59-52-45-31-25-18-11-4)60(53-46-21-14-7)54-47-40-26-19-12-5/h60H,8-38,40-43,45,47,54H2,1-7H3. The van der Waals surface area contributed by atoms with Crippen molar-refractivity contribution in [2.75, 3.05) is 0 Å². The molecule has 0 aliphatic heterocycles. The fourth-order valence-electron chi connectivity index (χ4n) is 7.82. The highest BCUT2D eigenvalue weighted by Gasteiger charge is 2.52. The summed E-state index contributed by atoms with van der Waals surface area (Å²) in [5.41, 5.74) is -2.03. The third-order valence-corrected chi connectivity index (χ3v) is 11.9. The van der Waals surface area contributed by atoms with Crippen LogP contribution in [0.2, 0.25) is 0 Å². The maximum absolute atomic E-state index is 3.97. The van der Waals surface area contributed by atoms with E-state index >= 15 is 0 Å². The zero-order valence-electron chi connectivity index (χ0n) is 42.4. The van der Waals surface area contributed by atoms with Crippen LogP contribution in [0.1, 0.15) is 292 Å². The smallest absolute Gasteiger partial charge is 0.103 e. The molecule has 0 amide bonds. The van der Waals surface area contributed by atoms with Crippen LogP contribution in [0.25, 0.3) is 0 Å². The second-order valence-electron chi connectivity index (χ2n) is 18.0. The molecule has 3 atom stereocenters. The van der Waals surface area contributed by atoms with Crippen LogP contribution >= 0.6 is 0 Å². The zero-order chi connectivity index (χ0) is 45.3. The molecule has 62 heavy (non-hydrogen) atoms. The van der Waals surface area contributed by atoms with Crippen molar-refractivity contribution < 1.29 is 0 Å². The Morgan fingerprint density at radius 2 is 0.613 bits per heavy atom. The second-order valence-corrected chi connectivity index (χ2v) is 18.0. The van der Waals surface area contributed by atoms with Crippen molar-refractivity contribution in [3.8, 4) is 82.9 Å². The topological polar surface area (TPSA) is 0 Å². The molecule has 0 N–H and O–H groups in total. The molecule has 0 spiro atoms. The van der Waals surface area contributed by atoms with Gasteiger partial charge in [-0.25, -0.2) is 0 Å². The van der Waals surface area contributed by atoms with Gasteiger partial charge in [-0.15, -0.1) is 29.6 Å². The molecule has 0 aliphatic carbocycles. The summed E-state index contributed by atoms with van der Waals surface area (Å²) < 4.78 is 0. The van der Waals surface area contributed by atoms with Gasteiger partial charge >= 0.3 is 0 Å². The molecule has 0 aromatic carbocycles. The van der Waals surface area contributed by atoms with E-state index in [1.807, 2.05) is 0 Å². The van der Waals surface area contributed by atoms with Gasteiger partial charge in [0.25, 0.3) is 0 Å². The van der Waals surface area contributed by atoms with E-state index in [0.717, 1.165) is 89.9 Å². The highest BCUT2D eigenvalue weighted by molar-refractivity contribution is 5.55. The Kier molecular flexibility index (Phi) is 43.6. The van der Waals surface area contributed by atoms with E-state index in [9.17, 15) is 0 Å². The Morgan fingerprint density at radius 3 is 1.05 bits per heavy atom. The summed E-state index contributed by atoms with van der Waals surface area (Å²) in [7, 11) is 0. The van der Waals surface area contributed by atoms with Crippen LogP contribution in [0, 0.1) is 99.6 Å². The highest BCUT2D eigenvalue weighted by Crippen LogP contribution is 2.47. The highest BCUT2D eigenvalue weighted by atomic mass is 14.5. The molecular weight excluding hydrogens is 745 g/mol. The number of hydrogen-bond donors (Lipinski definition) is 0. The van der Waals surface area contributed by atoms with Gasteiger partial charge in [0.2, 0.25) is 0 Å². The van der Waals surface area contributed by atoms with Crippen LogP contribution in [0.4, 0.5) is 0 Å². The monoisotopic (exact) mass is 843 g/mol. The Morgan fingerprint density at radius 1 is 0.274 bits per heavy atom. The van der Waals surface area contributed by atoms with E-state index in [1.165, 1.54) is 154 Å². The first-order valence-corrected chi connectivity index (χ1v) is 27.1. The largest absolute Gasteiger partial charge is 0.181 e. The molecule has 0 heteroatoms. The van der Waals surface area contributed by atoms with E-state index in [1.54, 1.807) is 0 Å². The molecule has 0 saturated carbocycles. The van der Waals surface area contributed by atoms with Gasteiger partial charge in [0, 0.05) is 38.5 Å². The summed E-state index contributed by atoms with van der Waals surface area (Å²) in [6.45, 7) is 15.9. The average Bonchev–Trinajstić information content (AvgIpc) is 3.28. The molecule has 0 fully saturated rings. The molecule has 0 nitrogen and oxygen atoms in total. The summed E-state index contributed by atoms with van der Waals surface area (Å²) >= 11 is 0. The van der Waals surface area contributed by atoms with Gasteiger partial charge in [-0.2, -0.15) is 0 Å². The fraction of sp³-hybridized carbons (Fsp3) is 0.774. The molecule has 0 rings (SSSR count). The van der Waals surface area contributed by atoms with Crippen molar-refractivity contribution >= 4 is 0 Å². The third-order valence-electron chi connectivity index (χ3n) is 11.9. The molecule has 0 aromatic rings. The molecule has 0 heterocycles. The van der Waals surface area contributed by atoms with Crippen molar-refractivity contribution in [2.24, 2.45) is 16.7 Å². The van der Waals surface area contributed by atoms with E-state index in [4.69, 9.17) is 0 Å². The average molecular weight is 843 g/mol. The molecule has 0 aromatic heterocycles. The normalized spacial score (nSPS) is 12.6. The van der Waals surface area contributed by atoms with Gasteiger partial charge in [0.15, 0.2) is 5.41 Å². The van der Waals surface area contributed by atoms with Gasteiger partial charge in [-0.3, -0.25) is 0 Å². The van der Waals surface area contributed by atoms with Crippen molar-refractivity contribution in [3.63, 3.8) is 0 Å². The van der Waals surface area contributed by atoms with Crippen molar-refractivity contribution in [1.82, 2.24) is 0 Å². The van der Waals surface area contributed by atoms with Crippen molar-refractivity contribution in [2.45, 2.75) is 292 Å². The predicted molar refractivity (Wildman–Crippen MR) is 278 cm³/mol. The van der Waals surface area contributed by atoms with Gasteiger partial charge < -0.3 is 0 Å². The first-order valence-electron chi connectivity index (χ1n) is 27.1. The van der Waals surface area contributed by atoms with E-state index in [-0.39, 0.29) is 5.92 Å². The zero-order valence-corrected chi connectivity index (χ0v) is 42.4. The maximum Gasteiger partial charge on any atom is 0.181 e. The Bertz CT molecular complexity index is 1490. The maximum atomic E-state index is 3.97. The fourth-order valence-corrected chi connectivity index (χ4v) is 7.82. The van der Waals surface area contributed by atoms with E-state index in [2.05, 4.69) is 131 Å². The molecule has 0 radical (unpaired) electrons. The minimum absolute atomic E-state index is 0.116. The van der Waals surface area contributed by atoms with Crippen LogP contribution in [0.15, 0.2) is 0 Å². The number of rotatable bonds is 34. The number of unbranched alkanes of at least 4 members (excludes halogenated alkanes) is 30. The van der Waals surface area contributed by atoms with Crippen molar-refractivity contribution in [1.29, 1.82) is 0 Å². The minimum atomic E-state index is -1.09. The molecule has 0 saturated heterocycles. The summed E-state index contributed by atoms with van der Waals surface area (Å²) in [6, 6.07) is 0. The van der Waals surface area contributed by atoms with Gasteiger partial charge in [-0.05, 0) is 56.8 Å². The molecule has 346 valence electrons. The van der Waals surface area contributed by atoms with Crippen LogP contribution in [0.3, 0.4) is 0 Å². The summed E-state index contributed by atoms with van der Waals surface area (Å²) in [5, 5.41) is 0. The lowest BCUT2D eigenvalue weighted by Crippen LogP contribution is -2.43. The summed E-state index contributed by atoms with van der Waals surface area (Å²) in [5.74, 6) is 52.1. The van der Waals surface area contributed by atoms with Crippen LogP contribution in [0.5, 0.6) is 0 Å². The van der Waals surface area contributed by atoms with Crippen molar-refractivity contribution in [3.05, 3.63) is 0 Å². The van der Waals surface area contributed by atoms with Gasteiger partial charge in [-0.1, -0.05) is 250 Å². The van der Waals surface area contributed by atoms with Gasteiger partial charge in [0.1, 0.15) is 5.41 Å². The van der Waals surface area contributed by atoms with Crippen LogP contribution in [-0.4, -0.2) is 0 Å². The minimum Gasteiger partial charge on any atom is -0.103 e. The van der Waals surface area contributed by atoms with Crippen LogP contribution < -0.4 is 0 Å². The molecule has 3 unspecified atom stereocenters.